The Hall–Kier alpha value is -1.75. The van der Waals surface area contributed by atoms with Crippen molar-refractivity contribution >= 4 is 5.91 Å². The van der Waals surface area contributed by atoms with Gasteiger partial charge in [-0.15, -0.1) is 0 Å². The minimum absolute atomic E-state index is 0.0101. The maximum absolute atomic E-state index is 12.6. The number of hydrogen-bond donors (Lipinski definition) is 1. The van der Waals surface area contributed by atoms with Crippen LogP contribution in [0.3, 0.4) is 0 Å². The molecule has 2 aliphatic rings. The van der Waals surface area contributed by atoms with Crippen LogP contribution in [0.2, 0.25) is 0 Å². The first-order valence-electron chi connectivity index (χ1n) is 8.59. The van der Waals surface area contributed by atoms with Crippen LogP contribution in [0.1, 0.15) is 42.5 Å². The van der Waals surface area contributed by atoms with Crippen LogP contribution < -0.4 is 4.74 Å². The quantitative estimate of drug-likeness (QED) is 0.930. The Morgan fingerprint density at radius 3 is 2.43 bits per heavy atom. The number of methoxy groups -OCH3 is 1. The van der Waals surface area contributed by atoms with E-state index in [-0.39, 0.29) is 11.7 Å². The van der Waals surface area contributed by atoms with E-state index in [0.717, 1.165) is 26.2 Å². The number of piperazine rings is 1. The number of amides is 1. The fourth-order valence-corrected chi connectivity index (χ4v) is 3.73. The van der Waals surface area contributed by atoms with Gasteiger partial charge in [0, 0.05) is 38.3 Å². The Morgan fingerprint density at radius 1 is 1.13 bits per heavy atom. The van der Waals surface area contributed by atoms with Crippen LogP contribution in [-0.2, 0) is 0 Å². The summed E-state index contributed by atoms with van der Waals surface area (Å²) in [4.78, 5) is 17.0. The number of hydrogen-bond acceptors (Lipinski definition) is 4. The van der Waals surface area contributed by atoms with E-state index >= 15 is 0 Å². The predicted octanol–water partition coefficient (Wildman–Crippen LogP) is 2.49. The zero-order valence-electron chi connectivity index (χ0n) is 13.8. The van der Waals surface area contributed by atoms with E-state index < -0.39 is 0 Å². The molecule has 1 aromatic carbocycles. The van der Waals surface area contributed by atoms with Gasteiger partial charge in [0.1, 0.15) is 11.5 Å². The minimum Gasteiger partial charge on any atom is -0.507 e. The molecule has 0 radical (unpaired) electrons. The Bertz CT molecular complexity index is 547. The van der Waals surface area contributed by atoms with Gasteiger partial charge in [0.2, 0.25) is 0 Å². The van der Waals surface area contributed by atoms with Crippen molar-refractivity contribution in [1.29, 1.82) is 0 Å². The van der Waals surface area contributed by atoms with Crippen LogP contribution in [0.25, 0.3) is 0 Å². The van der Waals surface area contributed by atoms with E-state index in [1.165, 1.54) is 38.2 Å². The molecule has 1 aliphatic carbocycles. The number of phenols is 1. The summed E-state index contributed by atoms with van der Waals surface area (Å²) in [6, 6.07) is 5.55. The van der Waals surface area contributed by atoms with Gasteiger partial charge in [-0.05, 0) is 25.0 Å². The number of phenolic OH excluding ortho intramolecular Hbond substituents is 1. The van der Waals surface area contributed by atoms with Crippen molar-refractivity contribution in [2.24, 2.45) is 0 Å². The van der Waals surface area contributed by atoms with Gasteiger partial charge in [-0.25, -0.2) is 0 Å². The summed E-state index contributed by atoms with van der Waals surface area (Å²) < 4.78 is 5.06. The number of nitrogens with zero attached hydrogens (tertiary/aromatic N) is 2. The zero-order chi connectivity index (χ0) is 16.2. The van der Waals surface area contributed by atoms with E-state index in [0.29, 0.717) is 17.4 Å². The SMILES string of the molecule is COc1ccc(C(=O)N2CCN(C3CCCCC3)CC2)c(O)c1. The molecule has 5 nitrogen and oxygen atoms in total. The monoisotopic (exact) mass is 318 g/mol. The molecule has 0 aromatic heterocycles. The van der Waals surface area contributed by atoms with Gasteiger partial charge in [-0.3, -0.25) is 9.69 Å². The van der Waals surface area contributed by atoms with Gasteiger partial charge in [0.15, 0.2) is 0 Å². The van der Waals surface area contributed by atoms with Gasteiger partial charge in [0.25, 0.3) is 5.91 Å². The molecule has 1 heterocycles. The second-order valence-electron chi connectivity index (χ2n) is 6.50. The van der Waals surface area contributed by atoms with Gasteiger partial charge in [0.05, 0.1) is 12.7 Å². The highest BCUT2D eigenvalue weighted by molar-refractivity contribution is 5.97. The van der Waals surface area contributed by atoms with Gasteiger partial charge in [-0.2, -0.15) is 0 Å². The maximum Gasteiger partial charge on any atom is 0.257 e. The van der Waals surface area contributed by atoms with Crippen molar-refractivity contribution < 1.29 is 14.6 Å². The number of ether oxygens (including phenoxy) is 1. The molecule has 1 aliphatic heterocycles. The van der Waals surface area contributed by atoms with Crippen molar-refractivity contribution in [3.8, 4) is 11.5 Å². The maximum atomic E-state index is 12.6. The van der Waals surface area contributed by atoms with Crippen LogP contribution in [0, 0.1) is 0 Å². The topological polar surface area (TPSA) is 53.0 Å². The molecule has 0 bridgehead atoms. The second-order valence-corrected chi connectivity index (χ2v) is 6.50. The fourth-order valence-electron chi connectivity index (χ4n) is 3.73. The summed E-state index contributed by atoms with van der Waals surface area (Å²) in [7, 11) is 1.54. The Labute approximate surface area is 137 Å². The summed E-state index contributed by atoms with van der Waals surface area (Å²) >= 11 is 0. The van der Waals surface area contributed by atoms with Crippen LogP contribution in [0.15, 0.2) is 18.2 Å². The largest absolute Gasteiger partial charge is 0.507 e. The first kappa shape index (κ1) is 16.1. The standard InChI is InChI=1S/C18H26N2O3/c1-23-15-7-8-16(17(21)13-15)18(22)20-11-9-19(10-12-20)14-5-3-2-4-6-14/h7-8,13-14,21H,2-6,9-12H2,1H3. The van der Waals surface area contributed by atoms with Crippen LogP contribution in [-0.4, -0.2) is 60.1 Å². The van der Waals surface area contributed by atoms with Crippen molar-refractivity contribution in [3.05, 3.63) is 23.8 Å². The number of aromatic hydroxyl groups is 1. The summed E-state index contributed by atoms with van der Waals surface area (Å²) in [5.74, 6) is 0.457. The Kier molecular flexibility index (Phi) is 5.06. The molecule has 1 N–H and O–H groups in total. The molecule has 1 aromatic rings. The number of rotatable bonds is 3. The molecule has 0 unspecified atom stereocenters. The third kappa shape index (κ3) is 3.61. The van der Waals surface area contributed by atoms with Crippen LogP contribution in [0.5, 0.6) is 11.5 Å². The lowest BCUT2D eigenvalue weighted by Gasteiger charge is -2.40. The highest BCUT2D eigenvalue weighted by Crippen LogP contribution is 2.26. The third-order valence-corrected chi connectivity index (χ3v) is 5.13. The highest BCUT2D eigenvalue weighted by atomic mass is 16.5. The Balaban J connectivity index is 1.59. The molecule has 23 heavy (non-hydrogen) atoms. The first-order valence-corrected chi connectivity index (χ1v) is 8.59. The molecule has 1 amide bonds. The first-order chi connectivity index (χ1) is 11.2. The van der Waals surface area contributed by atoms with Gasteiger partial charge in [-0.1, -0.05) is 19.3 Å². The van der Waals surface area contributed by atoms with E-state index in [1.807, 2.05) is 4.90 Å². The van der Waals surface area contributed by atoms with Crippen molar-refractivity contribution in [1.82, 2.24) is 9.80 Å². The van der Waals surface area contributed by atoms with E-state index in [1.54, 1.807) is 19.2 Å². The molecule has 2 fully saturated rings. The minimum atomic E-state index is -0.0894. The average molecular weight is 318 g/mol. The van der Waals surface area contributed by atoms with Crippen LogP contribution in [0.4, 0.5) is 0 Å². The molecule has 0 atom stereocenters. The fraction of sp³-hybridized carbons (Fsp3) is 0.611. The summed E-state index contributed by atoms with van der Waals surface area (Å²) in [6.07, 6.45) is 6.64. The molecule has 5 heteroatoms. The van der Waals surface area contributed by atoms with E-state index in [2.05, 4.69) is 4.90 Å². The highest BCUT2D eigenvalue weighted by Gasteiger charge is 2.28. The molecule has 1 saturated carbocycles. The molecule has 0 spiro atoms. The van der Waals surface area contributed by atoms with E-state index in [4.69, 9.17) is 4.74 Å². The molecule has 3 rings (SSSR count). The Morgan fingerprint density at radius 2 is 1.83 bits per heavy atom. The number of benzene rings is 1. The summed E-state index contributed by atoms with van der Waals surface area (Å²) in [5.41, 5.74) is 0.358. The number of carbonyl (C=O) groups is 1. The lowest BCUT2D eigenvalue weighted by Crippen LogP contribution is -2.52. The zero-order valence-corrected chi connectivity index (χ0v) is 13.8. The third-order valence-electron chi connectivity index (χ3n) is 5.13. The molecular formula is C18H26N2O3. The molecule has 126 valence electrons. The second kappa shape index (κ2) is 7.21. The molecular weight excluding hydrogens is 292 g/mol. The molecule has 1 saturated heterocycles. The van der Waals surface area contributed by atoms with Crippen molar-refractivity contribution in [2.45, 2.75) is 38.1 Å². The normalized spacial score (nSPS) is 20.5. The van der Waals surface area contributed by atoms with Gasteiger partial charge < -0.3 is 14.7 Å². The lowest BCUT2D eigenvalue weighted by molar-refractivity contribution is 0.0521. The summed E-state index contributed by atoms with van der Waals surface area (Å²) in [6.45, 7) is 3.35. The number of carbonyl (C=O) groups excluding carboxylic acids is 1. The predicted molar refractivity (Wildman–Crippen MR) is 89.0 cm³/mol. The lowest BCUT2D eigenvalue weighted by atomic mass is 9.94. The van der Waals surface area contributed by atoms with Crippen LogP contribution >= 0.6 is 0 Å². The van der Waals surface area contributed by atoms with Gasteiger partial charge >= 0.3 is 0 Å². The summed E-state index contributed by atoms with van der Waals surface area (Å²) in [5, 5.41) is 10.0. The van der Waals surface area contributed by atoms with Crippen molar-refractivity contribution in [3.63, 3.8) is 0 Å². The van der Waals surface area contributed by atoms with E-state index in [9.17, 15) is 9.90 Å². The van der Waals surface area contributed by atoms with Crippen molar-refractivity contribution in [2.75, 3.05) is 33.3 Å². The smallest absolute Gasteiger partial charge is 0.257 e. The average Bonchev–Trinajstić information content (AvgIpc) is 2.62.